The summed E-state index contributed by atoms with van der Waals surface area (Å²) in [6, 6.07) is 0. The average Bonchev–Trinajstić information content (AvgIpc) is 3.22. The number of hydrogen-bond acceptors (Lipinski definition) is 6. The molecule has 0 radical (unpaired) electrons. The quantitative estimate of drug-likeness (QED) is 0.0263. The Morgan fingerprint density at radius 3 is 0.914 bits per heavy atom. The van der Waals surface area contributed by atoms with E-state index in [1.807, 2.05) is 0 Å². The van der Waals surface area contributed by atoms with Crippen LogP contribution in [0, 0.1) is 0 Å². The third-order valence-electron chi connectivity index (χ3n) is 11.5. The van der Waals surface area contributed by atoms with Crippen LogP contribution in [0.4, 0.5) is 0 Å². The first-order chi connectivity index (χ1) is 28.5. The summed E-state index contributed by atoms with van der Waals surface area (Å²) in [6.07, 6.45) is 52.3. The van der Waals surface area contributed by atoms with E-state index in [0.717, 1.165) is 64.2 Å². The molecular formula is C52H98O6. The van der Waals surface area contributed by atoms with Crippen LogP contribution in [0.3, 0.4) is 0 Å². The van der Waals surface area contributed by atoms with E-state index in [4.69, 9.17) is 14.2 Å². The normalized spacial score (nSPS) is 12.0. The molecule has 6 heteroatoms. The Morgan fingerprint density at radius 2 is 0.586 bits per heavy atom. The van der Waals surface area contributed by atoms with E-state index < -0.39 is 6.10 Å². The minimum absolute atomic E-state index is 0.0691. The molecule has 0 bridgehead atoms. The van der Waals surface area contributed by atoms with Crippen LogP contribution in [0.25, 0.3) is 0 Å². The third kappa shape index (κ3) is 45.2. The second-order valence-electron chi connectivity index (χ2n) is 17.4. The minimum Gasteiger partial charge on any atom is -0.462 e. The zero-order valence-electron chi connectivity index (χ0n) is 39.1. The number of hydrogen-bond donors (Lipinski definition) is 0. The van der Waals surface area contributed by atoms with Crippen molar-refractivity contribution in [2.45, 2.75) is 290 Å². The van der Waals surface area contributed by atoms with Gasteiger partial charge in [0.15, 0.2) is 6.10 Å². The largest absolute Gasteiger partial charge is 0.462 e. The number of ether oxygens (including phenoxy) is 3. The summed E-state index contributed by atoms with van der Waals surface area (Å²) in [5.41, 5.74) is 0. The predicted octanol–water partition coefficient (Wildman–Crippen LogP) is 16.6. The maximum Gasteiger partial charge on any atom is 0.306 e. The summed E-state index contributed by atoms with van der Waals surface area (Å²) in [7, 11) is 0. The van der Waals surface area contributed by atoms with Crippen molar-refractivity contribution in [1.29, 1.82) is 0 Å². The van der Waals surface area contributed by atoms with Crippen molar-refractivity contribution in [3.8, 4) is 0 Å². The lowest BCUT2D eigenvalue weighted by atomic mass is 10.0. The zero-order chi connectivity index (χ0) is 42.3. The predicted molar refractivity (Wildman–Crippen MR) is 247 cm³/mol. The molecule has 0 fully saturated rings. The van der Waals surface area contributed by atoms with Gasteiger partial charge in [0.2, 0.25) is 0 Å². The highest BCUT2D eigenvalue weighted by Gasteiger charge is 2.19. The molecule has 342 valence electrons. The van der Waals surface area contributed by atoms with E-state index in [1.165, 1.54) is 180 Å². The first-order valence-electron chi connectivity index (χ1n) is 25.7. The van der Waals surface area contributed by atoms with E-state index in [1.54, 1.807) is 0 Å². The summed E-state index contributed by atoms with van der Waals surface area (Å²) in [6.45, 7) is 6.58. The van der Waals surface area contributed by atoms with Crippen molar-refractivity contribution in [1.82, 2.24) is 0 Å². The fraction of sp³-hybridized carbons (Fsp3) is 0.904. The number of unbranched alkanes of at least 4 members (excludes halogenated alkanes) is 34. The topological polar surface area (TPSA) is 78.9 Å². The molecule has 0 heterocycles. The van der Waals surface area contributed by atoms with Gasteiger partial charge in [0, 0.05) is 19.3 Å². The lowest BCUT2D eigenvalue weighted by Crippen LogP contribution is -2.30. The lowest BCUT2D eigenvalue weighted by Gasteiger charge is -2.18. The van der Waals surface area contributed by atoms with E-state index in [2.05, 4.69) is 32.9 Å². The Hall–Kier alpha value is -1.85. The molecule has 0 rings (SSSR count). The number of allylic oxidation sites excluding steroid dienone is 2. The van der Waals surface area contributed by atoms with Crippen LogP contribution in [0.1, 0.15) is 284 Å². The number of rotatable bonds is 47. The Balaban J connectivity index is 4.09. The zero-order valence-corrected chi connectivity index (χ0v) is 39.1. The number of esters is 3. The molecule has 0 aromatic carbocycles. The molecule has 58 heavy (non-hydrogen) atoms. The molecule has 0 saturated carbocycles. The van der Waals surface area contributed by atoms with Gasteiger partial charge in [0.05, 0.1) is 0 Å². The van der Waals surface area contributed by atoms with Crippen LogP contribution in [-0.4, -0.2) is 37.2 Å². The molecular weight excluding hydrogens is 721 g/mol. The van der Waals surface area contributed by atoms with Gasteiger partial charge in [-0.25, -0.2) is 0 Å². The second-order valence-corrected chi connectivity index (χ2v) is 17.4. The highest BCUT2D eigenvalue weighted by Crippen LogP contribution is 2.16. The Labute approximate surface area is 360 Å². The van der Waals surface area contributed by atoms with Crippen molar-refractivity contribution < 1.29 is 28.6 Å². The Morgan fingerprint density at radius 1 is 0.328 bits per heavy atom. The fourth-order valence-electron chi connectivity index (χ4n) is 7.60. The standard InChI is InChI=1S/C52H98O6/c1-4-7-10-13-16-18-20-21-22-23-24-25-26-27-28-29-30-32-33-36-39-42-45-51(54)57-48-49(47-56-50(53)44-41-38-35-15-12-9-6-3)58-52(55)46-43-40-37-34-31-19-17-14-11-8-5-2/h14,17,49H,4-13,15-16,18-48H2,1-3H3/b17-14-. The van der Waals surface area contributed by atoms with Crippen molar-refractivity contribution in [2.24, 2.45) is 0 Å². The maximum absolute atomic E-state index is 12.7. The summed E-state index contributed by atoms with van der Waals surface area (Å²) in [4.78, 5) is 37.7. The van der Waals surface area contributed by atoms with E-state index in [-0.39, 0.29) is 31.1 Å². The molecule has 0 saturated heterocycles. The van der Waals surface area contributed by atoms with Gasteiger partial charge in [-0.2, -0.15) is 0 Å². The molecule has 1 unspecified atom stereocenters. The molecule has 0 aromatic rings. The molecule has 1 atom stereocenters. The molecule has 0 N–H and O–H groups in total. The number of carbonyl (C=O) groups excluding carboxylic acids is 3. The van der Waals surface area contributed by atoms with Crippen LogP contribution in [-0.2, 0) is 28.6 Å². The summed E-state index contributed by atoms with van der Waals surface area (Å²) < 4.78 is 16.7. The monoisotopic (exact) mass is 819 g/mol. The van der Waals surface area contributed by atoms with Crippen molar-refractivity contribution in [3.05, 3.63) is 12.2 Å². The van der Waals surface area contributed by atoms with E-state index in [9.17, 15) is 14.4 Å². The van der Waals surface area contributed by atoms with Gasteiger partial charge in [-0.15, -0.1) is 0 Å². The summed E-state index contributed by atoms with van der Waals surface area (Å²) >= 11 is 0. The second kappa shape index (κ2) is 47.8. The van der Waals surface area contributed by atoms with Crippen LogP contribution in [0.2, 0.25) is 0 Å². The lowest BCUT2D eigenvalue weighted by molar-refractivity contribution is -0.167. The molecule has 0 aliphatic rings. The Kier molecular flexibility index (Phi) is 46.3. The summed E-state index contributed by atoms with van der Waals surface area (Å²) in [5.74, 6) is -0.873. The van der Waals surface area contributed by atoms with Gasteiger partial charge in [-0.3, -0.25) is 14.4 Å². The highest BCUT2D eigenvalue weighted by molar-refractivity contribution is 5.71. The molecule has 0 amide bonds. The molecule has 0 aliphatic heterocycles. The van der Waals surface area contributed by atoms with Crippen molar-refractivity contribution in [3.63, 3.8) is 0 Å². The van der Waals surface area contributed by atoms with E-state index in [0.29, 0.717) is 19.3 Å². The highest BCUT2D eigenvalue weighted by atomic mass is 16.6. The fourth-order valence-corrected chi connectivity index (χ4v) is 7.60. The molecule has 0 aromatic heterocycles. The van der Waals surface area contributed by atoms with Gasteiger partial charge < -0.3 is 14.2 Å². The number of carbonyl (C=O) groups is 3. The molecule has 0 spiro atoms. The average molecular weight is 819 g/mol. The summed E-state index contributed by atoms with van der Waals surface area (Å²) in [5, 5.41) is 0. The molecule has 0 aliphatic carbocycles. The smallest absolute Gasteiger partial charge is 0.306 e. The van der Waals surface area contributed by atoms with Crippen LogP contribution >= 0.6 is 0 Å². The van der Waals surface area contributed by atoms with Gasteiger partial charge in [0.1, 0.15) is 13.2 Å². The van der Waals surface area contributed by atoms with Gasteiger partial charge in [-0.1, -0.05) is 238 Å². The third-order valence-corrected chi connectivity index (χ3v) is 11.5. The van der Waals surface area contributed by atoms with Crippen LogP contribution in [0.5, 0.6) is 0 Å². The maximum atomic E-state index is 12.7. The van der Waals surface area contributed by atoms with Crippen molar-refractivity contribution in [2.75, 3.05) is 13.2 Å². The van der Waals surface area contributed by atoms with Gasteiger partial charge >= 0.3 is 17.9 Å². The van der Waals surface area contributed by atoms with E-state index >= 15 is 0 Å². The molecule has 6 nitrogen and oxygen atoms in total. The van der Waals surface area contributed by atoms with Crippen LogP contribution < -0.4 is 0 Å². The van der Waals surface area contributed by atoms with Gasteiger partial charge in [-0.05, 0) is 38.5 Å². The van der Waals surface area contributed by atoms with Gasteiger partial charge in [0.25, 0.3) is 0 Å². The van der Waals surface area contributed by atoms with Crippen molar-refractivity contribution >= 4 is 17.9 Å². The Bertz CT molecular complexity index is 900. The SMILES string of the molecule is CCCC/C=C\CCCCCCCC(=O)OC(COC(=O)CCCCCCCCC)COC(=O)CCCCCCCCCCCCCCCCCCCCCCCC. The minimum atomic E-state index is -0.765. The van der Waals surface area contributed by atoms with Crippen LogP contribution in [0.15, 0.2) is 12.2 Å². The first kappa shape index (κ1) is 56.1. The first-order valence-corrected chi connectivity index (χ1v) is 25.7.